The van der Waals surface area contributed by atoms with Crippen molar-refractivity contribution >= 4 is 11.5 Å². The zero-order valence-corrected chi connectivity index (χ0v) is 11.0. The Morgan fingerprint density at radius 2 is 2.24 bits per heavy atom. The van der Waals surface area contributed by atoms with Gasteiger partial charge < -0.3 is 25.8 Å². The maximum atomic E-state index is 14.8. The van der Waals surface area contributed by atoms with E-state index in [0.717, 1.165) is 24.0 Å². The van der Waals surface area contributed by atoms with Gasteiger partial charge in [0.25, 0.3) is 0 Å². The molecule has 5 N–H and O–H groups in total. The van der Waals surface area contributed by atoms with Gasteiger partial charge in [0.1, 0.15) is 24.2 Å². The monoisotopic (exact) mass is 299 g/mol. The maximum absolute atomic E-state index is 14.8. The van der Waals surface area contributed by atoms with Gasteiger partial charge in [0, 0.05) is 0 Å². The molecule has 114 valence electrons. The van der Waals surface area contributed by atoms with Crippen LogP contribution in [0.15, 0.2) is 12.5 Å². The van der Waals surface area contributed by atoms with E-state index in [9.17, 15) is 14.6 Å². The van der Waals surface area contributed by atoms with Crippen LogP contribution in [-0.4, -0.2) is 59.4 Å². The molecule has 2 aromatic heterocycles. The highest BCUT2D eigenvalue weighted by Crippen LogP contribution is 2.47. The lowest BCUT2D eigenvalue weighted by Crippen LogP contribution is -2.49. The molecule has 10 heteroatoms. The van der Waals surface area contributed by atoms with E-state index in [1.54, 1.807) is 0 Å². The Morgan fingerprint density at radius 3 is 2.86 bits per heavy atom. The van der Waals surface area contributed by atoms with Crippen LogP contribution in [0.3, 0.4) is 0 Å². The van der Waals surface area contributed by atoms with Crippen molar-refractivity contribution in [2.45, 2.75) is 30.6 Å². The number of fused-ring (bicyclic) bond motifs is 1. The predicted octanol–water partition coefficient (Wildman–Crippen LogP) is -1.67. The third kappa shape index (κ3) is 1.67. The van der Waals surface area contributed by atoms with Crippen LogP contribution >= 0.6 is 0 Å². The van der Waals surface area contributed by atoms with Crippen LogP contribution in [0, 0.1) is 0 Å². The van der Waals surface area contributed by atoms with Gasteiger partial charge in [0.15, 0.2) is 17.1 Å². The molecular weight excluding hydrogens is 285 g/mol. The summed E-state index contributed by atoms with van der Waals surface area (Å²) < 4.78 is 21.0. The zero-order valence-electron chi connectivity index (χ0n) is 11.0. The summed E-state index contributed by atoms with van der Waals surface area (Å²) in [6.45, 7) is 0.314. The Balaban J connectivity index is 2.19. The molecule has 1 aliphatic heterocycles. The first-order valence-corrected chi connectivity index (χ1v) is 6.15. The number of alkyl halides is 1. The fourth-order valence-electron chi connectivity index (χ4n) is 2.46. The minimum atomic E-state index is -2.59. The van der Waals surface area contributed by atoms with Crippen LogP contribution in [0.25, 0.3) is 5.65 Å². The Kier molecular flexibility index (Phi) is 2.89. The Bertz CT molecular complexity index is 692. The van der Waals surface area contributed by atoms with Gasteiger partial charge >= 0.3 is 0 Å². The van der Waals surface area contributed by atoms with Gasteiger partial charge in [-0.1, -0.05) is 0 Å². The van der Waals surface area contributed by atoms with Crippen molar-refractivity contribution in [3.8, 4) is 0 Å². The number of hydrogen-bond acceptors (Lipinski definition) is 8. The van der Waals surface area contributed by atoms with Gasteiger partial charge in [-0.05, 0) is 6.92 Å². The molecule has 3 rings (SSSR count). The standard InChI is InChI=1S/C11H14FN5O4/c1-10(12)7(19)5(3-18)21-11(10,20)6-2-14-9-8(13)15-4-16-17(6)9/h2,4-5,7,18-20H,3H2,1H3,(H2,13,15,16)/t5-,7-,10-,11+/m1/s1. The molecule has 0 aliphatic carbocycles. The zero-order chi connectivity index (χ0) is 15.4. The Morgan fingerprint density at radius 1 is 1.52 bits per heavy atom. The summed E-state index contributed by atoms with van der Waals surface area (Å²) in [7, 11) is 0. The molecule has 0 radical (unpaired) electrons. The molecule has 2 aromatic rings. The number of aliphatic hydroxyl groups is 3. The molecule has 4 atom stereocenters. The number of hydrogen-bond donors (Lipinski definition) is 4. The average Bonchev–Trinajstić information content (AvgIpc) is 2.95. The molecule has 0 aromatic carbocycles. The van der Waals surface area contributed by atoms with Crippen molar-refractivity contribution in [1.82, 2.24) is 19.6 Å². The molecule has 1 saturated heterocycles. The van der Waals surface area contributed by atoms with Gasteiger partial charge in [-0.3, -0.25) is 0 Å². The SMILES string of the molecule is C[C@@]1(F)[C@H](O)[C@@H](CO)O[C@@]1(O)c1cnc2c(N)ncnn12. The summed E-state index contributed by atoms with van der Waals surface area (Å²) in [5, 5.41) is 33.5. The van der Waals surface area contributed by atoms with E-state index in [0.29, 0.717) is 0 Å². The van der Waals surface area contributed by atoms with Crippen LogP contribution < -0.4 is 5.73 Å². The highest BCUT2D eigenvalue weighted by atomic mass is 19.1. The molecular formula is C11H14FN5O4. The molecule has 1 fully saturated rings. The normalized spacial score (nSPS) is 36.4. The number of nitrogen functional groups attached to an aromatic ring is 1. The number of aromatic nitrogens is 4. The Labute approximate surface area is 117 Å². The molecule has 9 nitrogen and oxygen atoms in total. The van der Waals surface area contributed by atoms with E-state index in [1.165, 1.54) is 0 Å². The molecule has 3 heterocycles. The molecule has 0 unspecified atom stereocenters. The summed E-state index contributed by atoms with van der Waals surface area (Å²) in [6.07, 6.45) is -0.765. The maximum Gasteiger partial charge on any atom is 0.249 e. The third-order valence-corrected chi connectivity index (χ3v) is 3.75. The first kappa shape index (κ1) is 14.1. The van der Waals surface area contributed by atoms with E-state index in [2.05, 4.69) is 15.1 Å². The lowest BCUT2D eigenvalue weighted by molar-refractivity contribution is -0.256. The van der Waals surface area contributed by atoms with Crippen molar-refractivity contribution in [1.29, 1.82) is 0 Å². The number of nitrogens with zero attached hydrogens (tertiary/aromatic N) is 4. The highest BCUT2D eigenvalue weighted by molar-refractivity contribution is 5.59. The van der Waals surface area contributed by atoms with Crippen molar-refractivity contribution in [2.24, 2.45) is 0 Å². The summed E-state index contributed by atoms with van der Waals surface area (Å²) in [5.74, 6) is -2.50. The van der Waals surface area contributed by atoms with Gasteiger partial charge in [-0.2, -0.15) is 5.10 Å². The fourth-order valence-corrected chi connectivity index (χ4v) is 2.46. The molecule has 0 amide bonds. The van der Waals surface area contributed by atoms with Crippen molar-refractivity contribution in [3.05, 3.63) is 18.2 Å². The lowest BCUT2D eigenvalue weighted by Gasteiger charge is -2.31. The average molecular weight is 299 g/mol. The summed E-state index contributed by atoms with van der Waals surface area (Å²) >= 11 is 0. The van der Waals surface area contributed by atoms with E-state index >= 15 is 0 Å². The van der Waals surface area contributed by atoms with E-state index < -0.39 is 30.3 Å². The highest BCUT2D eigenvalue weighted by Gasteiger charge is 2.66. The van der Waals surface area contributed by atoms with Crippen molar-refractivity contribution in [2.75, 3.05) is 12.3 Å². The summed E-state index contributed by atoms with van der Waals surface area (Å²) in [5.41, 5.74) is 2.99. The molecule has 0 bridgehead atoms. The number of halogens is 1. The predicted molar refractivity (Wildman–Crippen MR) is 66.6 cm³/mol. The van der Waals surface area contributed by atoms with Crippen LogP contribution in [-0.2, 0) is 10.5 Å². The van der Waals surface area contributed by atoms with Crippen LogP contribution in [0.5, 0.6) is 0 Å². The number of aliphatic hydroxyl groups excluding tert-OH is 2. The summed E-state index contributed by atoms with van der Waals surface area (Å²) in [6, 6.07) is 0. The van der Waals surface area contributed by atoms with Crippen molar-refractivity contribution in [3.63, 3.8) is 0 Å². The van der Waals surface area contributed by atoms with E-state index in [-0.39, 0.29) is 17.2 Å². The smallest absolute Gasteiger partial charge is 0.249 e. The molecule has 21 heavy (non-hydrogen) atoms. The van der Waals surface area contributed by atoms with Crippen LogP contribution in [0.1, 0.15) is 12.6 Å². The lowest BCUT2D eigenvalue weighted by atomic mass is 9.90. The quantitative estimate of drug-likeness (QED) is 0.516. The topological polar surface area (TPSA) is 139 Å². The minimum Gasteiger partial charge on any atom is -0.394 e. The van der Waals surface area contributed by atoms with Gasteiger partial charge in [0.05, 0.1) is 12.8 Å². The van der Waals surface area contributed by atoms with E-state index in [4.69, 9.17) is 15.6 Å². The van der Waals surface area contributed by atoms with Crippen LogP contribution in [0.4, 0.5) is 10.2 Å². The summed E-state index contributed by atoms with van der Waals surface area (Å²) in [4.78, 5) is 7.64. The van der Waals surface area contributed by atoms with E-state index in [1.807, 2.05) is 0 Å². The number of imidazole rings is 1. The fraction of sp³-hybridized carbons (Fsp3) is 0.545. The first-order chi connectivity index (χ1) is 9.83. The van der Waals surface area contributed by atoms with Gasteiger partial charge in [-0.15, -0.1) is 0 Å². The third-order valence-electron chi connectivity index (χ3n) is 3.75. The van der Waals surface area contributed by atoms with Crippen LogP contribution in [0.2, 0.25) is 0 Å². The second kappa shape index (κ2) is 4.31. The number of nitrogens with two attached hydrogens (primary N) is 1. The number of rotatable bonds is 2. The Hall–Kier alpha value is -1.88. The van der Waals surface area contributed by atoms with Gasteiger partial charge in [0.2, 0.25) is 5.79 Å². The van der Waals surface area contributed by atoms with Crippen molar-refractivity contribution < 1.29 is 24.4 Å². The molecule has 0 spiro atoms. The molecule has 0 saturated carbocycles. The largest absolute Gasteiger partial charge is 0.394 e. The number of anilines is 1. The second-order valence-electron chi connectivity index (χ2n) is 5.03. The first-order valence-electron chi connectivity index (χ1n) is 6.15. The second-order valence-corrected chi connectivity index (χ2v) is 5.03. The number of ether oxygens (including phenoxy) is 1. The van der Waals surface area contributed by atoms with Gasteiger partial charge in [-0.25, -0.2) is 18.9 Å². The molecule has 1 aliphatic rings. The minimum absolute atomic E-state index is 0.0395.